The molecular weight excluding hydrogens is 362 g/mol. The van der Waals surface area contributed by atoms with Gasteiger partial charge in [0.25, 0.3) is 0 Å². The Morgan fingerprint density at radius 1 is 1.22 bits per heavy atom. The second kappa shape index (κ2) is 6.93. The number of nitrogens with zero attached hydrogens (tertiary/aromatic N) is 2. The Morgan fingerprint density at radius 2 is 1.96 bits per heavy atom. The third-order valence-electron chi connectivity index (χ3n) is 5.32. The van der Waals surface area contributed by atoms with Gasteiger partial charge in [0.1, 0.15) is 13.1 Å². The fourth-order valence-electron chi connectivity index (χ4n) is 3.77. The van der Waals surface area contributed by atoms with Crippen molar-refractivity contribution in [3.63, 3.8) is 0 Å². The molecule has 5 nitrogen and oxygen atoms in total. The molecule has 140 valence electrons. The molecule has 0 radical (unpaired) electrons. The number of halogens is 1. The highest BCUT2D eigenvalue weighted by Gasteiger charge is 2.31. The second-order valence-electron chi connectivity index (χ2n) is 6.83. The number of methoxy groups -OCH3 is 1. The van der Waals surface area contributed by atoms with Gasteiger partial charge in [0, 0.05) is 39.4 Å². The number of benzene rings is 2. The summed E-state index contributed by atoms with van der Waals surface area (Å²) in [5, 5.41) is 15.2. The number of aromatic amines is 1. The van der Waals surface area contributed by atoms with E-state index in [9.17, 15) is 5.21 Å². The van der Waals surface area contributed by atoms with Gasteiger partial charge in [-0.3, -0.25) is 0 Å². The minimum Gasteiger partial charge on any atom is -0.627 e. The summed E-state index contributed by atoms with van der Waals surface area (Å²) in [6.07, 6.45) is 1.96. The van der Waals surface area contributed by atoms with Crippen LogP contribution >= 0.6 is 11.6 Å². The van der Waals surface area contributed by atoms with Gasteiger partial charge in [-0.25, -0.2) is 0 Å². The van der Waals surface area contributed by atoms with Crippen molar-refractivity contribution in [2.24, 2.45) is 0 Å². The number of H-pyrrole nitrogens is 1. The first-order valence-electron chi connectivity index (χ1n) is 8.94. The van der Waals surface area contributed by atoms with Crippen LogP contribution in [0.15, 0.2) is 55.2 Å². The monoisotopic (exact) mass is 383 g/mol. The molecule has 0 atom stereocenters. The Labute approximate surface area is 163 Å². The van der Waals surface area contributed by atoms with Crippen LogP contribution < -0.4 is 9.38 Å². The number of hydroxylamine groups is 2. The summed E-state index contributed by atoms with van der Waals surface area (Å²) in [5.41, 5.74) is 3.64. The van der Waals surface area contributed by atoms with Crippen LogP contribution in [0.25, 0.3) is 16.6 Å². The molecule has 27 heavy (non-hydrogen) atoms. The van der Waals surface area contributed by atoms with Gasteiger partial charge in [-0.1, -0.05) is 36.4 Å². The first-order chi connectivity index (χ1) is 13.0. The molecule has 2 heterocycles. The summed E-state index contributed by atoms with van der Waals surface area (Å²) in [7, 11) is 1.60. The van der Waals surface area contributed by atoms with Gasteiger partial charge in [0.15, 0.2) is 11.4 Å². The molecule has 4 rings (SSSR count). The van der Waals surface area contributed by atoms with E-state index in [2.05, 4.69) is 16.5 Å². The molecule has 0 bridgehead atoms. The smallest absolute Gasteiger partial charge is 0.180 e. The summed E-state index contributed by atoms with van der Waals surface area (Å²) in [6.45, 7) is 6.47. The van der Waals surface area contributed by atoms with E-state index in [-0.39, 0.29) is 4.65 Å². The van der Waals surface area contributed by atoms with Crippen molar-refractivity contribution in [1.82, 2.24) is 14.5 Å². The van der Waals surface area contributed by atoms with E-state index in [1.807, 2.05) is 48.7 Å². The Morgan fingerprint density at radius 3 is 2.70 bits per heavy atom. The average molecular weight is 384 g/mol. The Balaban J connectivity index is 1.54. The quantitative estimate of drug-likeness (QED) is 0.528. The van der Waals surface area contributed by atoms with Crippen LogP contribution in [0.4, 0.5) is 5.69 Å². The standard InChI is InChI=1S/C21H22ClN3O2/c1-15(18-14-23-19-13-16(22)7-8-17(18)19)24-9-11-25(26,12-10-24)20-5-3-4-6-21(20)27-2/h3-8,13-14,23H,1,9-12H2,2H3. The van der Waals surface area contributed by atoms with Crippen LogP contribution in [0.3, 0.4) is 0 Å². The average Bonchev–Trinajstić information content (AvgIpc) is 3.11. The molecule has 0 unspecified atom stereocenters. The van der Waals surface area contributed by atoms with E-state index in [4.69, 9.17) is 16.3 Å². The number of hydrogen-bond acceptors (Lipinski definition) is 3. The van der Waals surface area contributed by atoms with E-state index >= 15 is 0 Å². The van der Waals surface area contributed by atoms with Gasteiger partial charge >= 0.3 is 0 Å². The van der Waals surface area contributed by atoms with Gasteiger partial charge in [-0.05, 0) is 18.2 Å². The number of quaternary nitrogens is 1. The molecule has 6 heteroatoms. The van der Waals surface area contributed by atoms with E-state index in [0.717, 1.165) is 22.2 Å². The van der Waals surface area contributed by atoms with Gasteiger partial charge in [-0.15, -0.1) is 0 Å². The lowest BCUT2D eigenvalue weighted by Crippen LogP contribution is -2.56. The van der Waals surface area contributed by atoms with Crippen LogP contribution in [0.2, 0.25) is 5.02 Å². The largest absolute Gasteiger partial charge is 0.627 e. The van der Waals surface area contributed by atoms with Crippen LogP contribution in [-0.2, 0) is 0 Å². The Hall–Kier alpha value is -2.47. The number of fused-ring (bicyclic) bond motifs is 1. The van der Waals surface area contributed by atoms with Gasteiger partial charge < -0.3 is 24.5 Å². The second-order valence-corrected chi connectivity index (χ2v) is 7.27. The number of hydrogen-bond donors (Lipinski definition) is 1. The fourth-order valence-corrected chi connectivity index (χ4v) is 3.94. The van der Waals surface area contributed by atoms with E-state index < -0.39 is 0 Å². The highest BCUT2D eigenvalue weighted by molar-refractivity contribution is 6.31. The summed E-state index contributed by atoms with van der Waals surface area (Å²) in [4.78, 5) is 5.43. The minimum absolute atomic E-state index is 0.378. The summed E-state index contributed by atoms with van der Waals surface area (Å²) in [6, 6.07) is 13.3. The van der Waals surface area contributed by atoms with Gasteiger partial charge in [0.05, 0.1) is 20.2 Å². The van der Waals surface area contributed by atoms with Crippen molar-refractivity contribution < 1.29 is 4.74 Å². The predicted molar refractivity (Wildman–Crippen MR) is 112 cm³/mol. The van der Waals surface area contributed by atoms with Gasteiger partial charge in [-0.2, -0.15) is 0 Å². The van der Waals surface area contributed by atoms with Crippen LogP contribution in [0.5, 0.6) is 5.75 Å². The molecule has 0 amide bonds. The third-order valence-corrected chi connectivity index (χ3v) is 5.56. The molecule has 0 aliphatic carbocycles. The molecule has 1 saturated heterocycles. The van der Waals surface area contributed by atoms with Crippen LogP contribution in [0, 0.1) is 5.21 Å². The lowest BCUT2D eigenvalue weighted by Gasteiger charge is -2.48. The third kappa shape index (κ3) is 3.18. The molecule has 1 fully saturated rings. The van der Waals surface area contributed by atoms with E-state index in [1.54, 1.807) is 7.11 Å². The highest BCUT2D eigenvalue weighted by Crippen LogP contribution is 2.35. The van der Waals surface area contributed by atoms with E-state index in [1.165, 1.54) is 0 Å². The summed E-state index contributed by atoms with van der Waals surface area (Å²) >= 11 is 6.07. The Bertz CT molecular complexity index is 990. The number of aromatic nitrogens is 1. The molecule has 1 aromatic heterocycles. The zero-order chi connectivity index (χ0) is 19.0. The number of nitrogens with one attached hydrogen (secondary N) is 1. The van der Waals surface area contributed by atoms with Crippen LogP contribution in [-0.4, -0.2) is 43.2 Å². The minimum atomic E-state index is -0.378. The molecule has 1 aliphatic heterocycles. The summed E-state index contributed by atoms with van der Waals surface area (Å²) in [5.74, 6) is 0.647. The van der Waals surface area contributed by atoms with Gasteiger partial charge in [0.2, 0.25) is 0 Å². The van der Waals surface area contributed by atoms with Crippen molar-refractivity contribution in [1.29, 1.82) is 0 Å². The molecule has 0 spiro atoms. The van der Waals surface area contributed by atoms with Crippen molar-refractivity contribution in [3.05, 3.63) is 71.0 Å². The lowest BCUT2D eigenvalue weighted by molar-refractivity contribution is 0.224. The lowest BCUT2D eigenvalue weighted by atomic mass is 10.1. The maximum Gasteiger partial charge on any atom is 0.180 e. The normalized spacial score (nSPS) is 16.5. The van der Waals surface area contributed by atoms with Crippen molar-refractivity contribution >= 4 is 33.9 Å². The zero-order valence-electron chi connectivity index (χ0n) is 15.2. The SMILES string of the molecule is C=C(c1c[nH]c2cc(Cl)ccc12)N1CC[N+]([O-])(c2ccccc2OC)CC1. The molecule has 2 aromatic carbocycles. The van der Waals surface area contributed by atoms with Crippen molar-refractivity contribution in [2.75, 3.05) is 33.3 Å². The highest BCUT2D eigenvalue weighted by atomic mass is 35.5. The first-order valence-corrected chi connectivity index (χ1v) is 9.32. The molecule has 1 N–H and O–H groups in total. The van der Waals surface area contributed by atoms with Crippen molar-refractivity contribution in [2.45, 2.75) is 0 Å². The number of ether oxygens (including phenoxy) is 1. The maximum absolute atomic E-state index is 13.4. The predicted octanol–water partition coefficient (Wildman–Crippen LogP) is 4.62. The molecule has 1 aliphatic rings. The zero-order valence-corrected chi connectivity index (χ0v) is 16.0. The maximum atomic E-state index is 13.4. The van der Waals surface area contributed by atoms with Crippen molar-refractivity contribution in [3.8, 4) is 5.75 Å². The first kappa shape index (κ1) is 17.9. The number of para-hydroxylation sites is 2. The Kier molecular flexibility index (Phi) is 4.60. The van der Waals surface area contributed by atoms with Crippen LogP contribution in [0.1, 0.15) is 5.56 Å². The fraction of sp³-hybridized carbons (Fsp3) is 0.238. The molecule has 0 saturated carbocycles. The summed E-state index contributed by atoms with van der Waals surface area (Å²) < 4.78 is 5.02. The number of piperazine rings is 1. The topological polar surface area (TPSA) is 51.3 Å². The number of rotatable bonds is 4. The molecule has 3 aromatic rings. The van der Waals surface area contributed by atoms with E-state index in [0.29, 0.717) is 42.6 Å². The molecular formula is C21H22ClN3O2.